The van der Waals surface area contributed by atoms with E-state index in [0.29, 0.717) is 13.2 Å². The van der Waals surface area contributed by atoms with Gasteiger partial charge in [-0.1, -0.05) is 19.1 Å². The van der Waals surface area contributed by atoms with Crippen LogP contribution in [-0.4, -0.2) is 42.2 Å². The molecule has 1 fully saturated rings. The Morgan fingerprint density at radius 2 is 2.14 bits per heavy atom. The van der Waals surface area contributed by atoms with Gasteiger partial charge in [-0.25, -0.2) is 0 Å². The van der Waals surface area contributed by atoms with Crippen molar-refractivity contribution >= 4 is 5.97 Å². The first-order chi connectivity index (χ1) is 9.97. The molecular formula is C17H25NO3. The average Bonchev–Trinajstić information content (AvgIpc) is 2.80. The molecular weight excluding hydrogens is 266 g/mol. The van der Waals surface area contributed by atoms with Crippen LogP contribution in [0.1, 0.15) is 24.5 Å². The molecule has 1 aliphatic heterocycles. The Kier molecular flexibility index (Phi) is 5.23. The van der Waals surface area contributed by atoms with E-state index in [2.05, 4.69) is 30.0 Å². The van der Waals surface area contributed by atoms with Crippen LogP contribution < -0.4 is 4.74 Å². The summed E-state index contributed by atoms with van der Waals surface area (Å²) in [5.74, 6) is 0.303. The van der Waals surface area contributed by atoms with E-state index < -0.39 is 5.97 Å². The maximum atomic E-state index is 11.1. The average molecular weight is 291 g/mol. The van der Waals surface area contributed by atoms with Crippen molar-refractivity contribution < 1.29 is 14.6 Å². The van der Waals surface area contributed by atoms with Gasteiger partial charge in [0, 0.05) is 19.6 Å². The zero-order valence-electron chi connectivity index (χ0n) is 13.1. The molecule has 0 amide bonds. The summed E-state index contributed by atoms with van der Waals surface area (Å²) in [4.78, 5) is 13.3. The second-order valence-corrected chi connectivity index (χ2v) is 6.15. The van der Waals surface area contributed by atoms with Gasteiger partial charge in [-0.05, 0) is 43.4 Å². The van der Waals surface area contributed by atoms with Crippen molar-refractivity contribution in [2.75, 3.05) is 26.2 Å². The molecule has 0 radical (unpaired) electrons. The number of carboxylic acid groups (broad SMARTS) is 1. The van der Waals surface area contributed by atoms with Crippen LogP contribution in [0, 0.1) is 25.7 Å². The highest BCUT2D eigenvalue weighted by molar-refractivity contribution is 5.71. The first-order valence-electron chi connectivity index (χ1n) is 7.62. The molecule has 0 aliphatic carbocycles. The zero-order chi connectivity index (χ0) is 15.4. The molecule has 2 rings (SSSR count). The van der Waals surface area contributed by atoms with Gasteiger partial charge in [-0.2, -0.15) is 0 Å². The Hall–Kier alpha value is -1.55. The van der Waals surface area contributed by atoms with Crippen molar-refractivity contribution in [1.82, 2.24) is 4.90 Å². The maximum absolute atomic E-state index is 11.1. The summed E-state index contributed by atoms with van der Waals surface area (Å²) in [6.45, 7) is 9.25. The number of hydrogen-bond donors (Lipinski definition) is 1. The number of hydrogen-bond acceptors (Lipinski definition) is 3. The van der Waals surface area contributed by atoms with E-state index in [1.54, 1.807) is 0 Å². The second kappa shape index (κ2) is 6.94. The number of nitrogens with zero attached hydrogens (tertiary/aromatic N) is 1. The van der Waals surface area contributed by atoms with Gasteiger partial charge in [0.05, 0.1) is 12.5 Å². The lowest BCUT2D eigenvalue weighted by molar-refractivity contribution is -0.142. The number of carboxylic acids is 1. The van der Waals surface area contributed by atoms with Gasteiger partial charge in [0.2, 0.25) is 0 Å². The first-order valence-corrected chi connectivity index (χ1v) is 7.62. The van der Waals surface area contributed by atoms with Gasteiger partial charge in [0.1, 0.15) is 5.75 Å². The van der Waals surface area contributed by atoms with E-state index in [4.69, 9.17) is 9.84 Å². The molecule has 2 atom stereocenters. The van der Waals surface area contributed by atoms with E-state index in [1.807, 2.05) is 13.8 Å². The third-order valence-corrected chi connectivity index (χ3v) is 4.23. The van der Waals surface area contributed by atoms with Crippen LogP contribution in [0.2, 0.25) is 0 Å². The molecule has 21 heavy (non-hydrogen) atoms. The van der Waals surface area contributed by atoms with Gasteiger partial charge >= 0.3 is 5.97 Å². The Balaban J connectivity index is 1.73. The standard InChI is InChI=1S/C17H25NO3/c1-12-5-6-13(2)16(9-12)21-8-4-7-18-10-14(3)15(11-18)17(19)20/h5-6,9,14-15H,4,7-8,10-11H2,1-3H3,(H,19,20)/t14-,15-/m1/s1. The van der Waals surface area contributed by atoms with Crippen molar-refractivity contribution in [3.63, 3.8) is 0 Å². The summed E-state index contributed by atoms with van der Waals surface area (Å²) in [6, 6.07) is 6.22. The number of ether oxygens (including phenoxy) is 1. The predicted molar refractivity (Wildman–Crippen MR) is 82.8 cm³/mol. The van der Waals surface area contributed by atoms with E-state index >= 15 is 0 Å². The second-order valence-electron chi connectivity index (χ2n) is 6.15. The van der Waals surface area contributed by atoms with Crippen molar-refractivity contribution in [2.24, 2.45) is 11.8 Å². The molecule has 4 nitrogen and oxygen atoms in total. The van der Waals surface area contributed by atoms with Gasteiger partial charge in [-0.3, -0.25) is 4.79 Å². The third kappa shape index (κ3) is 4.21. The highest BCUT2D eigenvalue weighted by Crippen LogP contribution is 2.23. The molecule has 4 heteroatoms. The van der Waals surface area contributed by atoms with Gasteiger partial charge in [-0.15, -0.1) is 0 Å². The number of likely N-dealkylation sites (tertiary alicyclic amines) is 1. The highest BCUT2D eigenvalue weighted by atomic mass is 16.5. The van der Waals surface area contributed by atoms with Gasteiger partial charge in [0.25, 0.3) is 0 Å². The number of aryl methyl sites for hydroxylation is 2. The Labute approximate surface area is 126 Å². The quantitative estimate of drug-likeness (QED) is 0.819. The van der Waals surface area contributed by atoms with Crippen LogP contribution >= 0.6 is 0 Å². The molecule has 0 saturated carbocycles. The van der Waals surface area contributed by atoms with E-state index in [9.17, 15) is 4.79 Å². The molecule has 116 valence electrons. The van der Waals surface area contributed by atoms with Crippen LogP contribution in [0.25, 0.3) is 0 Å². The minimum Gasteiger partial charge on any atom is -0.493 e. The van der Waals surface area contributed by atoms with Crippen LogP contribution in [-0.2, 0) is 4.79 Å². The number of benzene rings is 1. The summed E-state index contributed by atoms with van der Waals surface area (Å²) >= 11 is 0. The topological polar surface area (TPSA) is 49.8 Å². The summed E-state index contributed by atoms with van der Waals surface area (Å²) in [5.41, 5.74) is 2.36. The number of carbonyl (C=O) groups is 1. The Bertz CT molecular complexity index is 501. The molecule has 1 aromatic carbocycles. The molecule has 1 aliphatic rings. The van der Waals surface area contributed by atoms with Crippen LogP contribution in [0.15, 0.2) is 18.2 Å². The smallest absolute Gasteiger partial charge is 0.308 e. The molecule has 0 bridgehead atoms. The molecule has 0 spiro atoms. The van der Waals surface area contributed by atoms with Crippen LogP contribution in [0.4, 0.5) is 0 Å². The van der Waals surface area contributed by atoms with Gasteiger partial charge in [0.15, 0.2) is 0 Å². The van der Waals surface area contributed by atoms with Crippen molar-refractivity contribution in [3.05, 3.63) is 29.3 Å². The van der Waals surface area contributed by atoms with Crippen LogP contribution in [0.3, 0.4) is 0 Å². The summed E-state index contributed by atoms with van der Waals surface area (Å²) in [5, 5.41) is 9.13. The Morgan fingerprint density at radius 3 is 2.81 bits per heavy atom. The Morgan fingerprint density at radius 1 is 1.38 bits per heavy atom. The zero-order valence-corrected chi connectivity index (χ0v) is 13.1. The van der Waals surface area contributed by atoms with Crippen LogP contribution in [0.5, 0.6) is 5.75 Å². The van der Waals surface area contributed by atoms with E-state index in [-0.39, 0.29) is 11.8 Å². The van der Waals surface area contributed by atoms with E-state index in [0.717, 1.165) is 30.8 Å². The minimum absolute atomic E-state index is 0.218. The fourth-order valence-electron chi connectivity index (χ4n) is 2.90. The highest BCUT2D eigenvalue weighted by Gasteiger charge is 2.34. The first kappa shape index (κ1) is 15.8. The number of rotatable bonds is 6. The van der Waals surface area contributed by atoms with Crippen molar-refractivity contribution in [2.45, 2.75) is 27.2 Å². The van der Waals surface area contributed by atoms with Crippen molar-refractivity contribution in [1.29, 1.82) is 0 Å². The summed E-state index contributed by atoms with van der Waals surface area (Å²) in [7, 11) is 0. The molecule has 1 heterocycles. The fraction of sp³-hybridized carbons (Fsp3) is 0.588. The lowest BCUT2D eigenvalue weighted by Crippen LogP contribution is -2.25. The SMILES string of the molecule is Cc1ccc(C)c(OCCCN2C[C@@H](C)[C@H](C(=O)O)C2)c1. The molecule has 1 saturated heterocycles. The monoisotopic (exact) mass is 291 g/mol. The largest absolute Gasteiger partial charge is 0.493 e. The third-order valence-electron chi connectivity index (χ3n) is 4.23. The fourth-order valence-corrected chi connectivity index (χ4v) is 2.90. The lowest BCUT2D eigenvalue weighted by Gasteiger charge is -2.16. The maximum Gasteiger partial charge on any atom is 0.308 e. The lowest BCUT2D eigenvalue weighted by atomic mass is 9.99. The molecule has 0 aromatic heterocycles. The van der Waals surface area contributed by atoms with Gasteiger partial charge < -0.3 is 14.7 Å². The minimum atomic E-state index is -0.670. The molecule has 1 N–H and O–H groups in total. The number of aliphatic carboxylic acids is 1. The normalized spacial score (nSPS) is 22.4. The van der Waals surface area contributed by atoms with E-state index in [1.165, 1.54) is 5.56 Å². The van der Waals surface area contributed by atoms with Crippen molar-refractivity contribution in [3.8, 4) is 5.75 Å². The summed E-state index contributed by atoms with van der Waals surface area (Å²) < 4.78 is 5.84. The molecule has 1 aromatic rings. The predicted octanol–water partition coefficient (Wildman–Crippen LogP) is 2.72. The molecule has 0 unspecified atom stereocenters. The summed E-state index contributed by atoms with van der Waals surface area (Å²) in [6.07, 6.45) is 0.923.